The van der Waals surface area contributed by atoms with Crippen LogP contribution in [0.25, 0.3) is 0 Å². The first-order valence-electron chi connectivity index (χ1n) is 12.8. The van der Waals surface area contributed by atoms with Crippen LogP contribution in [0.15, 0.2) is 11.6 Å². The van der Waals surface area contributed by atoms with Crippen molar-refractivity contribution in [1.29, 1.82) is 0 Å². The molecule has 3 N–H and O–H groups in total. The van der Waals surface area contributed by atoms with Gasteiger partial charge in [0.25, 0.3) is 0 Å². The third kappa shape index (κ3) is 3.90. The summed E-state index contributed by atoms with van der Waals surface area (Å²) in [5.41, 5.74) is 1.03. The third-order valence-electron chi connectivity index (χ3n) is 10.8. The molecule has 4 aliphatic carbocycles. The van der Waals surface area contributed by atoms with Crippen molar-refractivity contribution in [2.24, 2.45) is 46.3 Å². The van der Waals surface area contributed by atoms with Crippen molar-refractivity contribution in [3.63, 3.8) is 0 Å². The molecule has 31 heavy (non-hydrogen) atoms. The summed E-state index contributed by atoms with van der Waals surface area (Å²) in [6.45, 7) is 9.03. The second-order valence-electron chi connectivity index (χ2n) is 12.2. The Morgan fingerprint density at radius 1 is 1.03 bits per heavy atom. The van der Waals surface area contributed by atoms with Crippen LogP contribution in [-0.4, -0.2) is 33.5 Å². The fourth-order valence-corrected chi connectivity index (χ4v) is 9.03. The first kappa shape index (κ1) is 23.3. The van der Waals surface area contributed by atoms with Gasteiger partial charge in [-0.15, -0.1) is 0 Å². The molecule has 0 bridgehead atoms. The standard InChI is InChI=1S/C27H44O4/c1-16(6-5-7-17(2)25(30)31)20-8-9-21-24-22(11-13-27(20,21)4)26(3)12-10-19(28)14-18(26)15-23(24)29/h7,16,18-24,28-29H,5-6,8-15H2,1-4H3,(H,30,31)/b17-7-/t16-,18+,19-,20-,21+,22+,23-,24+,26+,27-/m1/s1. The van der Waals surface area contributed by atoms with E-state index in [0.29, 0.717) is 46.5 Å². The first-order valence-corrected chi connectivity index (χ1v) is 12.8. The molecule has 0 heterocycles. The summed E-state index contributed by atoms with van der Waals surface area (Å²) < 4.78 is 0. The van der Waals surface area contributed by atoms with Crippen molar-refractivity contribution < 1.29 is 20.1 Å². The average Bonchev–Trinajstić information content (AvgIpc) is 3.06. The minimum absolute atomic E-state index is 0.175. The summed E-state index contributed by atoms with van der Waals surface area (Å²) in [5.74, 6) is 2.53. The lowest BCUT2D eigenvalue weighted by Gasteiger charge is -2.62. The van der Waals surface area contributed by atoms with Gasteiger partial charge in [0.15, 0.2) is 0 Å². The van der Waals surface area contributed by atoms with Crippen molar-refractivity contribution in [1.82, 2.24) is 0 Å². The SMILES string of the molecule is C/C(=C/CC[C@@H](C)[C@H]1CC[C@H]2[C@@H]3[C@H](O)C[C@@H]4C[C@H](O)CC[C@]4(C)[C@H]3CC[C@]12C)C(=O)O. The lowest BCUT2D eigenvalue weighted by atomic mass is 9.43. The minimum Gasteiger partial charge on any atom is -0.478 e. The van der Waals surface area contributed by atoms with Gasteiger partial charge in [0.1, 0.15) is 0 Å². The molecule has 0 aromatic rings. The zero-order valence-corrected chi connectivity index (χ0v) is 20.0. The highest BCUT2D eigenvalue weighted by atomic mass is 16.4. The van der Waals surface area contributed by atoms with Gasteiger partial charge in [-0.1, -0.05) is 26.8 Å². The summed E-state index contributed by atoms with van der Waals surface area (Å²) in [6, 6.07) is 0. The average molecular weight is 433 g/mol. The number of fused-ring (bicyclic) bond motifs is 5. The van der Waals surface area contributed by atoms with Gasteiger partial charge in [-0.25, -0.2) is 4.79 Å². The Balaban J connectivity index is 1.49. The van der Waals surface area contributed by atoms with Crippen LogP contribution in [0.3, 0.4) is 0 Å². The Labute approximate surface area is 188 Å². The van der Waals surface area contributed by atoms with E-state index in [1.807, 2.05) is 6.08 Å². The molecule has 0 unspecified atom stereocenters. The summed E-state index contributed by atoms with van der Waals surface area (Å²) in [5, 5.41) is 30.7. The monoisotopic (exact) mass is 432 g/mol. The zero-order chi connectivity index (χ0) is 22.6. The largest absolute Gasteiger partial charge is 0.478 e. The quantitative estimate of drug-likeness (QED) is 0.507. The van der Waals surface area contributed by atoms with Gasteiger partial charge in [0.2, 0.25) is 0 Å². The Kier molecular flexibility index (Phi) is 6.37. The fourth-order valence-electron chi connectivity index (χ4n) is 9.03. The fraction of sp³-hybridized carbons (Fsp3) is 0.889. The Bertz CT molecular complexity index is 716. The van der Waals surface area contributed by atoms with E-state index in [1.165, 1.54) is 25.7 Å². The molecule has 10 atom stereocenters. The van der Waals surface area contributed by atoms with Gasteiger partial charge in [0, 0.05) is 5.57 Å². The highest BCUT2D eigenvalue weighted by Gasteiger charge is 2.62. The minimum atomic E-state index is -0.813. The molecule has 0 spiro atoms. The maximum absolute atomic E-state index is 11.3. The number of rotatable bonds is 5. The molecular formula is C27H44O4. The summed E-state index contributed by atoms with van der Waals surface area (Å²) in [6.07, 6.45) is 12.1. The smallest absolute Gasteiger partial charge is 0.330 e. The van der Waals surface area contributed by atoms with E-state index >= 15 is 0 Å². The predicted molar refractivity (Wildman–Crippen MR) is 122 cm³/mol. The van der Waals surface area contributed by atoms with Crippen molar-refractivity contribution in [3.8, 4) is 0 Å². The predicted octanol–water partition coefficient (Wildman–Crippen LogP) is 5.42. The molecule has 0 saturated heterocycles. The van der Waals surface area contributed by atoms with Crippen LogP contribution in [0, 0.1) is 46.3 Å². The molecule has 4 fully saturated rings. The Morgan fingerprint density at radius 2 is 1.71 bits per heavy atom. The summed E-state index contributed by atoms with van der Waals surface area (Å²) in [4.78, 5) is 11.1. The summed E-state index contributed by atoms with van der Waals surface area (Å²) in [7, 11) is 0. The van der Waals surface area contributed by atoms with Crippen molar-refractivity contribution >= 4 is 5.97 Å². The number of carboxylic acids is 1. The molecule has 0 aromatic heterocycles. The van der Waals surface area contributed by atoms with Crippen molar-refractivity contribution in [3.05, 3.63) is 11.6 Å². The molecule has 4 aliphatic rings. The molecular weight excluding hydrogens is 388 g/mol. The maximum Gasteiger partial charge on any atom is 0.330 e. The van der Waals surface area contributed by atoms with Gasteiger partial charge in [0.05, 0.1) is 12.2 Å². The van der Waals surface area contributed by atoms with Crippen LogP contribution in [0.4, 0.5) is 0 Å². The highest BCUT2D eigenvalue weighted by molar-refractivity contribution is 5.85. The number of carboxylic acid groups (broad SMARTS) is 1. The van der Waals surface area contributed by atoms with Crippen LogP contribution in [0.2, 0.25) is 0 Å². The zero-order valence-electron chi connectivity index (χ0n) is 20.0. The number of allylic oxidation sites excluding steroid dienone is 1. The van der Waals surface area contributed by atoms with E-state index in [4.69, 9.17) is 5.11 Å². The van der Waals surface area contributed by atoms with Crippen LogP contribution in [0.1, 0.15) is 91.9 Å². The normalized spacial score (nSPS) is 48.5. The topological polar surface area (TPSA) is 77.8 Å². The third-order valence-corrected chi connectivity index (χ3v) is 10.8. The molecule has 4 nitrogen and oxygen atoms in total. The van der Waals surface area contributed by atoms with E-state index in [9.17, 15) is 15.0 Å². The first-order chi connectivity index (χ1) is 14.6. The number of aliphatic carboxylic acids is 1. The van der Waals surface area contributed by atoms with Crippen LogP contribution >= 0.6 is 0 Å². The van der Waals surface area contributed by atoms with E-state index in [-0.39, 0.29) is 17.6 Å². The molecule has 176 valence electrons. The number of aliphatic hydroxyl groups excluding tert-OH is 2. The van der Waals surface area contributed by atoms with Crippen LogP contribution in [0.5, 0.6) is 0 Å². The van der Waals surface area contributed by atoms with E-state index in [1.54, 1.807) is 6.92 Å². The molecule has 4 rings (SSSR count). The van der Waals surface area contributed by atoms with Crippen LogP contribution < -0.4 is 0 Å². The van der Waals surface area contributed by atoms with E-state index in [2.05, 4.69) is 20.8 Å². The Hall–Kier alpha value is -0.870. The molecule has 0 amide bonds. The molecule has 4 saturated carbocycles. The summed E-state index contributed by atoms with van der Waals surface area (Å²) >= 11 is 0. The lowest BCUT2D eigenvalue weighted by molar-refractivity contribution is -0.174. The lowest BCUT2D eigenvalue weighted by Crippen LogP contribution is -2.58. The van der Waals surface area contributed by atoms with Gasteiger partial charge < -0.3 is 15.3 Å². The Morgan fingerprint density at radius 3 is 2.42 bits per heavy atom. The van der Waals surface area contributed by atoms with E-state index in [0.717, 1.165) is 38.5 Å². The number of hydrogen-bond donors (Lipinski definition) is 3. The van der Waals surface area contributed by atoms with E-state index < -0.39 is 5.97 Å². The van der Waals surface area contributed by atoms with Gasteiger partial charge in [-0.3, -0.25) is 0 Å². The number of aliphatic hydroxyl groups is 2. The second-order valence-corrected chi connectivity index (χ2v) is 12.2. The maximum atomic E-state index is 11.3. The molecule has 4 heteroatoms. The highest BCUT2D eigenvalue weighted by Crippen LogP contribution is 2.68. The second kappa shape index (κ2) is 8.48. The molecule has 0 aromatic carbocycles. The van der Waals surface area contributed by atoms with Crippen molar-refractivity contribution in [2.45, 2.75) is 104 Å². The van der Waals surface area contributed by atoms with Gasteiger partial charge in [-0.05, 0) is 117 Å². The van der Waals surface area contributed by atoms with Gasteiger partial charge in [-0.2, -0.15) is 0 Å². The molecule has 0 radical (unpaired) electrons. The number of carbonyl (C=O) groups is 1. The van der Waals surface area contributed by atoms with Crippen molar-refractivity contribution in [2.75, 3.05) is 0 Å². The van der Waals surface area contributed by atoms with Crippen LogP contribution in [-0.2, 0) is 4.79 Å². The van der Waals surface area contributed by atoms with Gasteiger partial charge >= 0.3 is 5.97 Å². The number of hydrogen-bond acceptors (Lipinski definition) is 3. The molecule has 0 aliphatic heterocycles.